The maximum Gasteiger partial charge on any atom is 0.161 e. The highest BCUT2D eigenvalue weighted by Crippen LogP contribution is 2.46. The molecule has 118 valence electrons. The molecule has 0 amide bonds. The molecule has 1 heterocycles. The van der Waals surface area contributed by atoms with Crippen LogP contribution >= 0.6 is 0 Å². The average molecular weight is 307 g/mol. The zero-order chi connectivity index (χ0) is 16.0. The van der Waals surface area contributed by atoms with Crippen molar-refractivity contribution in [3.8, 4) is 0 Å². The molecule has 0 radical (unpaired) electrons. The summed E-state index contributed by atoms with van der Waals surface area (Å²) in [5.74, 6) is 0.412. The van der Waals surface area contributed by atoms with Gasteiger partial charge < -0.3 is 4.90 Å². The molecule has 0 saturated heterocycles. The molecular weight excluding hydrogens is 286 g/mol. The van der Waals surface area contributed by atoms with Gasteiger partial charge >= 0.3 is 0 Å². The smallest absolute Gasteiger partial charge is 0.161 e. The topological polar surface area (TPSA) is 37.4 Å². The van der Waals surface area contributed by atoms with E-state index in [0.717, 1.165) is 53.9 Å². The number of nitrogens with zero attached hydrogens (tertiary/aromatic N) is 1. The summed E-state index contributed by atoms with van der Waals surface area (Å²) in [5.41, 5.74) is 5.11. The molecule has 23 heavy (non-hydrogen) atoms. The summed E-state index contributed by atoms with van der Waals surface area (Å²) >= 11 is 0. The van der Waals surface area contributed by atoms with E-state index in [1.54, 1.807) is 0 Å². The SMILES string of the molecule is CC1C2=C(CCCC2=O)N(c2ccccc2)C2=C1C(=O)CCC2. The summed E-state index contributed by atoms with van der Waals surface area (Å²) in [7, 11) is 0. The number of benzene rings is 1. The zero-order valence-corrected chi connectivity index (χ0v) is 13.5. The Morgan fingerprint density at radius 2 is 1.35 bits per heavy atom. The Morgan fingerprint density at radius 1 is 0.826 bits per heavy atom. The standard InChI is InChI=1S/C20H21NO2/c1-13-19-15(9-5-11-17(19)22)21(14-7-3-2-4-8-14)16-10-6-12-18(23)20(13)16/h2-4,7-8,13H,5-6,9-12H2,1H3. The van der Waals surface area contributed by atoms with Crippen molar-refractivity contribution in [2.45, 2.75) is 45.4 Å². The van der Waals surface area contributed by atoms with Crippen LogP contribution in [0.1, 0.15) is 45.4 Å². The van der Waals surface area contributed by atoms with E-state index in [9.17, 15) is 9.59 Å². The quantitative estimate of drug-likeness (QED) is 0.782. The maximum absolute atomic E-state index is 12.6. The molecule has 0 unspecified atom stereocenters. The Hall–Kier alpha value is -2.16. The molecule has 1 aromatic rings. The van der Waals surface area contributed by atoms with Gasteiger partial charge in [0.2, 0.25) is 0 Å². The van der Waals surface area contributed by atoms with E-state index in [1.807, 2.05) is 25.1 Å². The first-order valence-electron chi connectivity index (χ1n) is 8.56. The Labute approximate surface area is 136 Å². The maximum atomic E-state index is 12.6. The second-order valence-electron chi connectivity index (χ2n) is 6.67. The van der Waals surface area contributed by atoms with Crippen LogP contribution in [0.5, 0.6) is 0 Å². The van der Waals surface area contributed by atoms with E-state index in [1.165, 1.54) is 0 Å². The van der Waals surface area contributed by atoms with Crippen LogP contribution in [0.25, 0.3) is 0 Å². The van der Waals surface area contributed by atoms with E-state index >= 15 is 0 Å². The first kappa shape index (κ1) is 14.4. The van der Waals surface area contributed by atoms with Crippen LogP contribution in [0.4, 0.5) is 5.69 Å². The van der Waals surface area contributed by atoms with Crippen molar-refractivity contribution in [2.75, 3.05) is 4.90 Å². The highest BCUT2D eigenvalue weighted by molar-refractivity contribution is 6.06. The molecule has 0 atom stereocenters. The summed E-state index contributed by atoms with van der Waals surface area (Å²) in [6.07, 6.45) is 4.89. The van der Waals surface area contributed by atoms with Crippen LogP contribution in [0.2, 0.25) is 0 Å². The van der Waals surface area contributed by atoms with Crippen molar-refractivity contribution in [1.29, 1.82) is 0 Å². The van der Waals surface area contributed by atoms with E-state index in [0.29, 0.717) is 12.8 Å². The number of hydrogen-bond acceptors (Lipinski definition) is 3. The van der Waals surface area contributed by atoms with Gasteiger partial charge in [-0.3, -0.25) is 9.59 Å². The number of allylic oxidation sites excluding steroid dienone is 4. The monoisotopic (exact) mass is 307 g/mol. The van der Waals surface area contributed by atoms with Gasteiger partial charge in [0.15, 0.2) is 11.6 Å². The molecule has 3 heteroatoms. The molecule has 0 fully saturated rings. The largest absolute Gasteiger partial charge is 0.317 e. The van der Waals surface area contributed by atoms with Gasteiger partial charge in [-0.25, -0.2) is 0 Å². The normalized spacial score (nSPS) is 22.4. The molecular formula is C20H21NO2. The van der Waals surface area contributed by atoms with Crippen molar-refractivity contribution in [2.24, 2.45) is 5.92 Å². The lowest BCUT2D eigenvalue weighted by Crippen LogP contribution is -2.39. The number of carbonyl (C=O) groups excluding carboxylic acids is 2. The Kier molecular flexibility index (Phi) is 3.44. The molecule has 0 saturated carbocycles. The first-order chi connectivity index (χ1) is 11.2. The van der Waals surface area contributed by atoms with E-state index in [4.69, 9.17) is 0 Å². The lowest BCUT2D eigenvalue weighted by Gasteiger charge is -2.42. The molecule has 1 aromatic carbocycles. The minimum atomic E-state index is -0.0411. The fourth-order valence-corrected chi connectivity index (χ4v) is 4.34. The number of rotatable bonds is 1. The molecule has 3 nitrogen and oxygen atoms in total. The van der Waals surface area contributed by atoms with Gasteiger partial charge in [-0.1, -0.05) is 25.1 Å². The third-order valence-corrected chi connectivity index (χ3v) is 5.28. The third kappa shape index (κ3) is 2.18. The molecule has 0 bridgehead atoms. The fraction of sp³-hybridized carbons (Fsp3) is 0.400. The minimum Gasteiger partial charge on any atom is -0.317 e. The molecule has 1 aliphatic heterocycles. The van der Waals surface area contributed by atoms with Crippen LogP contribution in [0.3, 0.4) is 0 Å². The van der Waals surface area contributed by atoms with Gasteiger partial charge in [-0.15, -0.1) is 0 Å². The Balaban J connectivity index is 1.94. The predicted octanol–water partition coefficient (Wildman–Crippen LogP) is 4.16. The van der Waals surface area contributed by atoms with Gasteiger partial charge in [-0.05, 0) is 37.8 Å². The Morgan fingerprint density at radius 3 is 1.87 bits per heavy atom. The van der Waals surface area contributed by atoms with Gasteiger partial charge in [0.1, 0.15) is 0 Å². The second-order valence-corrected chi connectivity index (χ2v) is 6.67. The number of para-hydroxylation sites is 1. The van der Waals surface area contributed by atoms with E-state index in [2.05, 4.69) is 17.0 Å². The molecule has 2 aliphatic carbocycles. The lowest BCUT2D eigenvalue weighted by atomic mass is 9.74. The summed E-state index contributed by atoms with van der Waals surface area (Å²) in [6, 6.07) is 10.2. The lowest BCUT2D eigenvalue weighted by molar-refractivity contribution is -0.117. The minimum absolute atomic E-state index is 0.0411. The predicted molar refractivity (Wildman–Crippen MR) is 89.9 cm³/mol. The summed E-state index contributed by atoms with van der Waals surface area (Å²) in [6.45, 7) is 2.04. The number of hydrogen-bond donors (Lipinski definition) is 0. The van der Waals surface area contributed by atoms with Gasteiger partial charge in [-0.2, -0.15) is 0 Å². The molecule has 3 aliphatic rings. The van der Waals surface area contributed by atoms with Crippen molar-refractivity contribution < 1.29 is 9.59 Å². The average Bonchev–Trinajstić information content (AvgIpc) is 2.56. The second kappa shape index (κ2) is 5.48. The Bertz CT molecular complexity index is 698. The van der Waals surface area contributed by atoms with E-state index < -0.39 is 0 Å². The highest BCUT2D eigenvalue weighted by atomic mass is 16.1. The van der Waals surface area contributed by atoms with Crippen LogP contribution < -0.4 is 4.90 Å². The molecule has 4 rings (SSSR count). The van der Waals surface area contributed by atoms with Crippen LogP contribution in [-0.4, -0.2) is 11.6 Å². The van der Waals surface area contributed by atoms with E-state index in [-0.39, 0.29) is 17.5 Å². The van der Waals surface area contributed by atoms with Gasteiger partial charge in [0, 0.05) is 47.0 Å². The number of anilines is 1. The highest BCUT2D eigenvalue weighted by Gasteiger charge is 2.40. The van der Waals surface area contributed by atoms with Crippen LogP contribution in [-0.2, 0) is 9.59 Å². The van der Waals surface area contributed by atoms with Crippen LogP contribution in [0.15, 0.2) is 52.9 Å². The molecule has 0 N–H and O–H groups in total. The van der Waals surface area contributed by atoms with Crippen LogP contribution in [0, 0.1) is 5.92 Å². The summed E-state index contributed by atoms with van der Waals surface area (Å²) < 4.78 is 0. The third-order valence-electron chi connectivity index (χ3n) is 5.28. The van der Waals surface area contributed by atoms with Crippen molar-refractivity contribution in [1.82, 2.24) is 0 Å². The number of carbonyl (C=O) groups is 2. The van der Waals surface area contributed by atoms with Crippen molar-refractivity contribution in [3.05, 3.63) is 52.9 Å². The van der Waals surface area contributed by atoms with Crippen molar-refractivity contribution >= 4 is 17.3 Å². The summed E-state index contributed by atoms with van der Waals surface area (Å²) in [4.78, 5) is 27.4. The molecule has 0 spiro atoms. The zero-order valence-electron chi connectivity index (χ0n) is 13.5. The van der Waals surface area contributed by atoms with Gasteiger partial charge in [0.25, 0.3) is 0 Å². The number of Topliss-reactive ketones (excluding diaryl/α,β-unsaturated/α-hetero) is 2. The molecule has 0 aromatic heterocycles. The summed E-state index contributed by atoms with van der Waals surface area (Å²) in [5, 5.41) is 0. The fourth-order valence-electron chi connectivity index (χ4n) is 4.34. The first-order valence-corrected chi connectivity index (χ1v) is 8.56. The number of ketones is 2. The van der Waals surface area contributed by atoms with Crippen molar-refractivity contribution in [3.63, 3.8) is 0 Å². The van der Waals surface area contributed by atoms with Gasteiger partial charge in [0.05, 0.1) is 0 Å².